The largest absolute Gasteiger partial charge is 0.379 e. The predicted molar refractivity (Wildman–Crippen MR) is 114 cm³/mol. The molecule has 2 aromatic heterocycles. The van der Waals surface area contributed by atoms with Gasteiger partial charge >= 0.3 is 0 Å². The van der Waals surface area contributed by atoms with Crippen molar-refractivity contribution in [1.82, 2.24) is 19.7 Å². The normalized spacial score (nSPS) is 14.8. The van der Waals surface area contributed by atoms with Gasteiger partial charge in [-0.3, -0.25) is 19.3 Å². The highest BCUT2D eigenvalue weighted by molar-refractivity contribution is 7.22. The molecule has 28 heavy (non-hydrogen) atoms. The molecule has 150 valence electrons. The van der Waals surface area contributed by atoms with Crippen molar-refractivity contribution in [3.63, 3.8) is 0 Å². The summed E-state index contributed by atoms with van der Waals surface area (Å²) in [5, 5.41) is 5.12. The van der Waals surface area contributed by atoms with Crippen LogP contribution in [0, 0.1) is 0 Å². The molecule has 1 saturated heterocycles. The molecule has 0 bridgehead atoms. The standard InChI is InChI=1S/C19H23N5O2S.ClH/c1-2-23-8-7-16(21-23)18(25)24(10-9-22-11-13-26-14-12-22)19-20-15-5-3-4-6-17(15)27-19;/h3-8H,2,9-14H2,1H3;1H. The SMILES string of the molecule is CCn1ccc(C(=O)N(CCN2CCOCC2)c2nc3ccccc3s2)n1.Cl. The highest BCUT2D eigenvalue weighted by Gasteiger charge is 2.24. The molecule has 0 unspecified atom stereocenters. The highest BCUT2D eigenvalue weighted by atomic mass is 35.5. The third-order valence-corrected chi connectivity index (χ3v) is 5.75. The summed E-state index contributed by atoms with van der Waals surface area (Å²) in [6.45, 7) is 7.40. The fourth-order valence-corrected chi connectivity index (χ4v) is 4.11. The molecule has 0 saturated carbocycles. The third-order valence-electron chi connectivity index (χ3n) is 4.69. The molecule has 1 aliphatic heterocycles. The number of rotatable bonds is 6. The number of hydrogen-bond donors (Lipinski definition) is 0. The molecular formula is C19H24ClN5O2S. The predicted octanol–water partition coefficient (Wildman–Crippen LogP) is 2.91. The van der Waals surface area contributed by atoms with Crippen LogP contribution in [0.15, 0.2) is 36.5 Å². The minimum absolute atomic E-state index is 0. The van der Waals surface area contributed by atoms with E-state index in [4.69, 9.17) is 9.72 Å². The van der Waals surface area contributed by atoms with E-state index in [2.05, 4.69) is 10.00 Å². The molecule has 0 N–H and O–H groups in total. The van der Waals surface area contributed by atoms with Crippen molar-refractivity contribution in [3.8, 4) is 0 Å². The lowest BCUT2D eigenvalue weighted by Gasteiger charge is -2.29. The zero-order valence-corrected chi connectivity index (χ0v) is 17.4. The maximum Gasteiger partial charge on any atom is 0.280 e. The quantitative estimate of drug-likeness (QED) is 0.612. The number of ether oxygens (including phenoxy) is 1. The second-order valence-electron chi connectivity index (χ2n) is 6.43. The lowest BCUT2D eigenvalue weighted by atomic mass is 10.3. The average Bonchev–Trinajstić information content (AvgIpc) is 3.35. The number of amides is 1. The first-order valence-electron chi connectivity index (χ1n) is 9.25. The van der Waals surface area contributed by atoms with Crippen molar-refractivity contribution in [1.29, 1.82) is 0 Å². The summed E-state index contributed by atoms with van der Waals surface area (Å²) >= 11 is 1.54. The Hall–Kier alpha value is -2.00. The number of para-hydroxylation sites is 1. The number of fused-ring (bicyclic) bond motifs is 1. The van der Waals surface area contributed by atoms with Gasteiger partial charge in [-0.15, -0.1) is 12.4 Å². The molecule has 0 spiro atoms. The molecule has 3 aromatic rings. The topological polar surface area (TPSA) is 63.5 Å². The average molecular weight is 422 g/mol. The Balaban J connectivity index is 0.00000225. The first kappa shape index (κ1) is 20.7. The van der Waals surface area contributed by atoms with E-state index in [0.29, 0.717) is 12.2 Å². The van der Waals surface area contributed by atoms with Gasteiger partial charge in [-0.1, -0.05) is 23.5 Å². The summed E-state index contributed by atoms with van der Waals surface area (Å²) in [6.07, 6.45) is 1.84. The first-order chi connectivity index (χ1) is 13.2. The van der Waals surface area contributed by atoms with Crippen LogP contribution in [0.1, 0.15) is 17.4 Å². The van der Waals surface area contributed by atoms with Crippen molar-refractivity contribution in [2.45, 2.75) is 13.5 Å². The van der Waals surface area contributed by atoms with E-state index >= 15 is 0 Å². The number of morpholine rings is 1. The summed E-state index contributed by atoms with van der Waals surface area (Å²) in [5.74, 6) is -0.102. The lowest BCUT2D eigenvalue weighted by Crippen LogP contribution is -2.43. The van der Waals surface area contributed by atoms with Crippen LogP contribution >= 0.6 is 23.7 Å². The monoisotopic (exact) mass is 421 g/mol. The number of benzene rings is 1. The van der Waals surface area contributed by atoms with Gasteiger partial charge in [0, 0.05) is 38.9 Å². The van der Waals surface area contributed by atoms with Gasteiger partial charge in [0.1, 0.15) is 0 Å². The Labute approximate surface area is 174 Å². The Morgan fingerprint density at radius 2 is 2.04 bits per heavy atom. The number of nitrogens with zero attached hydrogens (tertiary/aromatic N) is 5. The number of halogens is 1. The number of thiazole rings is 1. The van der Waals surface area contributed by atoms with Gasteiger partial charge in [0.25, 0.3) is 5.91 Å². The molecule has 0 radical (unpaired) electrons. The van der Waals surface area contributed by atoms with Crippen LogP contribution in [0.25, 0.3) is 10.2 Å². The second-order valence-corrected chi connectivity index (χ2v) is 7.44. The van der Waals surface area contributed by atoms with Crippen molar-refractivity contribution in [3.05, 3.63) is 42.2 Å². The van der Waals surface area contributed by atoms with E-state index in [9.17, 15) is 4.79 Å². The van der Waals surface area contributed by atoms with Crippen LogP contribution in [0.2, 0.25) is 0 Å². The van der Waals surface area contributed by atoms with Gasteiger partial charge < -0.3 is 4.74 Å². The maximum atomic E-state index is 13.2. The van der Waals surface area contributed by atoms with Crippen molar-refractivity contribution in [2.75, 3.05) is 44.3 Å². The second kappa shape index (κ2) is 9.47. The molecule has 4 rings (SSSR count). The Kier molecular flexibility index (Phi) is 7.01. The zero-order valence-electron chi connectivity index (χ0n) is 15.8. The minimum Gasteiger partial charge on any atom is -0.379 e. The number of aryl methyl sites for hydroxylation is 1. The number of hydrogen-bond acceptors (Lipinski definition) is 6. The fraction of sp³-hybridized carbons (Fsp3) is 0.421. The van der Waals surface area contributed by atoms with E-state index < -0.39 is 0 Å². The lowest BCUT2D eigenvalue weighted by molar-refractivity contribution is 0.0391. The van der Waals surface area contributed by atoms with Crippen LogP contribution in [0.5, 0.6) is 0 Å². The van der Waals surface area contributed by atoms with Crippen LogP contribution in [-0.4, -0.2) is 65.0 Å². The molecule has 7 nitrogen and oxygen atoms in total. The van der Waals surface area contributed by atoms with Gasteiger partial charge in [0.05, 0.1) is 23.4 Å². The molecule has 0 atom stereocenters. The minimum atomic E-state index is -0.102. The third kappa shape index (κ3) is 4.52. The molecule has 1 aromatic carbocycles. The number of anilines is 1. The number of aromatic nitrogens is 3. The molecule has 1 amide bonds. The van der Waals surface area contributed by atoms with E-state index in [1.165, 1.54) is 0 Å². The van der Waals surface area contributed by atoms with E-state index in [1.54, 1.807) is 27.0 Å². The molecule has 1 fully saturated rings. The summed E-state index contributed by atoms with van der Waals surface area (Å²) < 4.78 is 8.27. The van der Waals surface area contributed by atoms with Crippen molar-refractivity contribution in [2.24, 2.45) is 0 Å². The summed E-state index contributed by atoms with van der Waals surface area (Å²) in [4.78, 5) is 22.0. The molecular weight excluding hydrogens is 398 g/mol. The van der Waals surface area contributed by atoms with Crippen LogP contribution in [0.3, 0.4) is 0 Å². The smallest absolute Gasteiger partial charge is 0.280 e. The molecule has 3 heterocycles. The molecule has 0 aliphatic carbocycles. The van der Waals surface area contributed by atoms with Crippen molar-refractivity contribution >= 4 is 45.0 Å². The van der Waals surface area contributed by atoms with Gasteiger partial charge in [-0.05, 0) is 25.1 Å². The summed E-state index contributed by atoms with van der Waals surface area (Å²) in [7, 11) is 0. The molecule has 1 aliphatic rings. The van der Waals surface area contributed by atoms with E-state index in [1.807, 2.05) is 37.4 Å². The molecule has 9 heteroatoms. The van der Waals surface area contributed by atoms with Crippen LogP contribution < -0.4 is 4.90 Å². The van der Waals surface area contributed by atoms with Gasteiger partial charge in [0.15, 0.2) is 10.8 Å². The number of carbonyl (C=O) groups excluding carboxylic acids is 1. The van der Waals surface area contributed by atoms with Crippen LogP contribution in [0.4, 0.5) is 5.13 Å². The van der Waals surface area contributed by atoms with Gasteiger partial charge in [0.2, 0.25) is 0 Å². The number of carbonyl (C=O) groups is 1. The van der Waals surface area contributed by atoms with E-state index in [-0.39, 0.29) is 18.3 Å². The first-order valence-corrected chi connectivity index (χ1v) is 10.1. The summed E-state index contributed by atoms with van der Waals surface area (Å²) in [5.41, 5.74) is 1.37. The zero-order chi connectivity index (χ0) is 18.6. The van der Waals surface area contributed by atoms with Crippen LogP contribution in [-0.2, 0) is 11.3 Å². The Morgan fingerprint density at radius 3 is 2.75 bits per heavy atom. The maximum absolute atomic E-state index is 13.2. The highest BCUT2D eigenvalue weighted by Crippen LogP contribution is 2.29. The van der Waals surface area contributed by atoms with Gasteiger partial charge in [-0.25, -0.2) is 4.98 Å². The Bertz CT molecular complexity index is 889. The summed E-state index contributed by atoms with van der Waals surface area (Å²) in [6, 6.07) is 9.75. The van der Waals surface area contributed by atoms with E-state index in [0.717, 1.165) is 54.7 Å². The Morgan fingerprint density at radius 1 is 1.25 bits per heavy atom. The van der Waals surface area contributed by atoms with Crippen molar-refractivity contribution < 1.29 is 9.53 Å². The van der Waals surface area contributed by atoms with Gasteiger partial charge in [-0.2, -0.15) is 5.10 Å². The fourth-order valence-electron chi connectivity index (χ4n) is 3.12.